The van der Waals surface area contributed by atoms with E-state index in [-0.39, 0.29) is 35.3 Å². The Morgan fingerprint density at radius 3 is 2.31 bits per heavy atom. The van der Waals surface area contributed by atoms with E-state index in [0.29, 0.717) is 17.9 Å². The number of esters is 1. The maximum Gasteiger partial charge on any atom is 0.408 e. The number of carboxylic acid groups (broad SMARTS) is 1. The van der Waals surface area contributed by atoms with Crippen molar-refractivity contribution < 1.29 is 37.4 Å². The molecule has 0 aromatic heterocycles. The molecular weight excluding hydrogens is 598 g/mol. The van der Waals surface area contributed by atoms with Crippen LogP contribution < -0.4 is 10.1 Å². The van der Waals surface area contributed by atoms with Crippen molar-refractivity contribution in [2.75, 3.05) is 26.2 Å². The fraction of sp³-hybridized carbons (Fsp3) is 0.364. The molecule has 45 heavy (non-hydrogen) atoms. The highest BCUT2D eigenvalue weighted by Gasteiger charge is 2.40. The molecule has 0 radical (unpaired) electrons. The molecule has 236 valence electrons. The van der Waals surface area contributed by atoms with E-state index in [1.165, 1.54) is 24.3 Å². The van der Waals surface area contributed by atoms with Gasteiger partial charge in [0.05, 0.1) is 16.5 Å². The molecule has 2 bridgehead atoms. The molecule has 7 rings (SSSR count). The van der Waals surface area contributed by atoms with Crippen molar-refractivity contribution in [1.82, 2.24) is 14.5 Å². The second-order valence-corrected chi connectivity index (χ2v) is 13.6. The van der Waals surface area contributed by atoms with Crippen LogP contribution in [0.15, 0.2) is 83.8 Å². The lowest BCUT2D eigenvalue weighted by atomic mass is 9.86. The quantitative estimate of drug-likeness (QED) is 0.264. The molecule has 0 unspecified atom stereocenters. The van der Waals surface area contributed by atoms with Crippen LogP contribution in [0.4, 0.5) is 4.79 Å². The molecule has 2 N–H and O–H groups in total. The number of benzene rings is 3. The van der Waals surface area contributed by atoms with Crippen molar-refractivity contribution in [1.29, 1.82) is 0 Å². The molecule has 0 aliphatic carbocycles. The number of carbonyl (C=O) groups excluding carboxylic acids is 2. The predicted molar refractivity (Wildman–Crippen MR) is 163 cm³/mol. The lowest BCUT2D eigenvalue weighted by Gasteiger charge is -2.43. The van der Waals surface area contributed by atoms with Crippen LogP contribution in [0.25, 0.3) is 0 Å². The fourth-order valence-electron chi connectivity index (χ4n) is 6.46. The molecule has 3 aromatic rings. The normalized spacial score (nSPS) is 23.6. The number of piperidine rings is 3. The Morgan fingerprint density at radius 1 is 0.867 bits per heavy atom. The van der Waals surface area contributed by atoms with Gasteiger partial charge in [-0.2, -0.15) is 4.31 Å². The van der Waals surface area contributed by atoms with E-state index in [0.717, 1.165) is 42.3 Å². The number of aliphatic carboxylic acids is 1. The van der Waals surface area contributed by atoms with Crippen LogP contribution in [-0.4, -0.2) is 79.1 Å². The smallest absolute Gasteiger partial charge is 0.408 e. The maximum atomic E-state index is 13.3. The fourth-order valence-corrected chi connectivity index (χ4v) is 8.15. The van der Waals surface area contributed by atoms with Crippen molar-refractivity contribution in [3.63, 3.8) is 0 Å². The predicted octanol–water partition coefficient (Wildman–Crippen LogP) is 4.05. The highest BCUT2D eigenvalue weighted by atomic mass is 32.2. The van der Waals surface area contributed by atoms with Gasteiger partial charge in [-0.1, -0.05) is 48.5 Å². The topological polar surface area (TPSA) is 143 Å². The molecule has 12 heteroatoms. The first kappa shape index (κ1) is 30.8. The molecule has 3 aromatic carbocycles. The summed E-state index contributed by atoms with van der Waals surface area (Å²) in [7, 11) is -4.15. The molecule has 1 amide bonds. The van der Waals surface area contributed by atoms with Gasteiger partial charge in [-0.3, -0.25) is 9.69 Å². The third-order valence-corrected chi connectivity index (χ3v) is 10.7. The first-order valence-electron chi connectivity index (χ1n) is 15.1. The van der Waals surface area contributed by atoms with Gasteiger partial charge in [0.2, 0.25) is 10.0 Å². The first-order chi connectivity index (χ1) is 21.7. The Bertz CT molecular complexity index is 1670. The summed E-state index contributed by atoms with van der Waals surface area (Å²) >= 11 is 0. The van der Waals surface area contributed by atoms with Gasteiger partial charge in [0.15, 0.2) is 0 Å². The van der Waals surface area contributed by atoms with Crippen LogP contribution in [0.2, 0.25) is 0 Å². The zero-order valence-corrected chi connectivity index (χ0v) is 25.4. The average molecular weight is 634 g/mol. The monoisotopic (exact) mass is 633 g/mol. The number of alkyl carbamates (subject to hydrolysis) is 1. The Balaban J connectivity index is 1.19. The largest absolute Gasteiger partial charge is 0.480 e. The summed E-state index contributed by atoms with van der Waals surface area (Å²) in [4.78, 5) is 40.0. The molecule has 4 fully saturated rings. The second kappa shape index (κ2) is 13.0. The molecule has 4 aliphatic heterocycles. The van der Waals surface area contributed by atoms with Gasteiger partial charge < -0.3 is 19.9 Å². The van der Waals surface area contributed by atoms with E-state index in [1.807, 2.05) is 36.4 Å². The minimum atomic E-state index is -4.15. The van der Waals surface area contributed by atoms with E-state index in [2.05, 4.69) is 10.2 Å². The Hall–Kier alpha value is -4.26. The number of carbonyl (C=O) groups is 3. The summed E-state index contributed by atoms with van der Waals surface area (Å²) in [6.45, 7) is 2.90. The van der Waals surface area contributed by atoms with Crippen molar-refractivity contribution in [3.8, 4) is 5.75 Å². The number of amides is 1. The molecule has 4 heterocycles. The average Bonchev–Trinajstić information content (AvgIpc) is 3.57. The minimum absolute atomic E-state index is 0.00798. The molecule has 4 saturated heterocycles. The van der Waals surface area contributed by atoms with Gasteiger partial charge in [-0.15, -0.1) is 0 Å². The number of carboxylic acids is 1. The van der Waals surface area contributed by atoms with Gasteiger partial charge in [0, 0.05) is 13.1 Å². The second-order valence-electron chi connectivity index (χ2n) is 11.7. The van der Waals surface area contributed by atoms with E-state index in [1.54, 1.807) is 18.2 Å². The lowest BCUT2D eigenvalue weighted by Crippen LogP contribution is -2.52. The number of nitrogens with one attached hydrogen (secondary N) is 1. The van der Waals surface area contributed by atoms with Crippen LogP contribution in [0.5, 0.6) is 5.75 Å². The number of hydrogen-bond acceptors (Lipinski definition) is 8. The van der Waals surface area contributed by atoms with Gasteiger partial charge in [0.1, 0.15) is 17.9 Å². The minimum Gasteiger partial charge on any atom is -0.480 e. The zero-order chi connectivity index (χ0) is 31.6. The van der Waals surface area contributed by atoms with Crippen LogP contribution in [0.3, 0.4) is 0 Å². The number of sulfonamides is 1. The van der Waals surface area contributed by atoms with Crippen molar-refractivity contribution >= 4 is 28.1 Å². The number of nitrogens with zero attached hydrogens (tertiary/aromatic N) is 2. The summed E-state index contributed by atoms with van der Waals surface area (Å²) in [6.07, 6.45) is 2.02. The van der Waals surface area contributed by atoms with Crippen molar-refractivity contribution in [3.05, 3.63) is 95.6 Å². The Kier molecular flexibility index (Phi) is 8.88. The molecule has 0 spiro atoms. The number of hydrogen-bond donors (Lipinski definition) is 2. The molecule has 11 nitrogen and oxygen atoms in total. The summed E-state index contributed by atoms with van der Waals surface area (Å²) in [5.74, 6) is -1.43. The number of rotatable bonds is 9. The molecule has 4 aliphatic rings. The van der Waals surface area contributed by atoms with Gasteiger partial charge in [-0.05, 0) is 86.1 Å². The number of ether oxygens (including phenoxy) is 2. The van der Waals surface area contributed by atoms with Gasteiger partial charge in [-0.25, -0.2) is 18.0 Å². The summed E-state index contributed by atoms with van der Waals surface area (Å²) in [5.41, 5.74) is 1.46. The van der Waals surface area contributed by atoms with E-state index in [9.17, 15) is 27.9 Å². The molecular formula is C33H35N3O8S. The highest BCUT2D eigenvalue weighted by Crippen LogP contribution is 2.31. The standard InChI is InChI=1S/C33H35N3O8S/c37-31(38)28-13-6-16-36(28)45(41,42)27-12-5-10-25(20-27)32(39)43-26-11-4-9-24(19-26)30(23-7-2-1-3-8-23)34-33(40)44-29-21-35-17-14-22(29)15-18-35/h1-5,7-12,19-20,22,28-30H,6,13-18,21H2,(H,34,40)(H,37,38)/t28-,29-,30-/m0/s1. The highest BCUT2D eigenvalue weighted by molar-refractivity contribution is 7.89. The van der Waals surface area contributed by atoms with Gasteiger partial charge >= 0.3 is 18.0 Å². The SMILES string of the molecule is O=C(N[C@@H](c1ccccc1)c1cccc(OC(=O)c2cccc(S(=O)(=O)N3CCC[C@H]3C(=O)O)c2)c1)O[C@H]1CN2CCC1CC2. The summed E-state index contributed by atoms with van der Waals surface area (Å²) in [5, 5.41) is 12.5. The molecule has 3 atom stereocenters. The summed E-state index contributed by atoms with van der Waals surface area (Å²) < 4.78 is 39.0. The zero-order valence-electron chi connectivity index (χ0n) is 24.6. The lowest BCUT2D eigenvalue weighted by molar-refractivity contribution is -0.140. The van der Waals surface area contributed by atoms with Crippen LogP contribution in [-0.2, 0) is 19.6 Å². The Morgan fingerprint density at radius 2 is 1.60 bits per heavy atom. The third kappa shape index (κ3) is 6.73. The van der Waals surface area contributed by atoms with E-state index < -0.39 is 40.1 Å². The molecule has 0 saturated carbocycles. The Labute approximate surface area is 261 Å². The van der Waals surface area contributed by atoms with Crippen LogP contribution in [0.1, 0.15) is 53.2 Å². The number of fused-ring (bicyclic) bond motifs is 3. The van der Waals surface area contributed by atoms with Crippen LogP contribution >= 0.6 is 0 Å². The van der Waals surface area contributed by atoms with Crippen molar-refractivity contribution in [2.24, 2.45) is 5.92 Å². The third-order valence-electron chi connectivity index (χ3n) is 8.82. The van der Waals surface area contributed by atoms with Gasteiger partial charge in [0.25, 0.3) is 0 Å². The van der Waals surface area contributed by atoms with Crippen LogP contribution in [0, 0.1) is 5.92 Å². The van der Waals surface area contributed by atoms with E-state index in [4.69, 9.17) is 9.47 Å². The maximum absolute atomic E-state index is 13.3. The first-order valence-corrected chi connectivity index (χ1v) is 16.5. The summed E-state index contributed by atoms with van der Waals surface area (Å²) in [6, 6.07) is 19.8. The van der Waals surface area contributed by atoms with Crippen molar-refractivity contribution in [2.45, 2.75) is 48.8 Å². The van der Waals surface area contributed by atoms with E-state index >= 15 is 0 Å².